The second-order valence-corrected chi connectivity index (χ2v) is 9.51. The number of para-hydroxylation sites is 2. The SMILES string of the molecule is CCNC(=O)[C@H](C)N(Cc1cccc(Cl)c1)C(=O)CN(c1ccccc1OC)S(C)(=O)=O. The van der Waals surface area contributed by atoms with Gasteiger partial charge < -0.3 is 15.0 Å². The van der Waals surface area contributed by atoms with Crippen molar-refractivity contribution >= 4 is 39.1 Å². The molecule has 1 N–H and O–H groups in total. The predicted molar refractivity (Wildman–Crippen MR) is 125 cm³/mol. The molecule has 174 valence electrons. The van der Waals surface area contributed by atoms with E-state index in [0.29, 0.717) is 22.9 Å². The van der Waals surface area contributed by atoms with E-state index in [1.54, 1.807) is 62.4 Å². The van der Waals surface area contributed by atoms with Gasteiger partial charge in [0.2, 0.25) is 21.8 Å². The maximum atomic E-state index is 13.4. The molecule has 10 heteroatoms. The highest BCUT2D eigenvalue weighted by Crippen LogP contribution is 2.29. The Morgan fingerprint density at radius 2 is 1.84 bits per heavy atom. The van der Waals surface area contributed by atoms with Gasteiger partial charge in [-0.25, -0.2) is 8.42 Å². The Morgan fingerprint density at radius 3 is 2.44 bits per heavy atom. The Labute approximate surface area is 194 Å². The maximum absolute atomic E-state index is 13.4. The number of carbonyl (C=O) groups is 2. The molecule has 0 saturated carbocycles. The van der Waals surface area contributed by atoms with Crippen molar-refractivity contribution in [2.75, 3.05) is 30.8 Å². The molecule has 0 bridgehead atoms. The van der Waals surface area contributed by atoms with Gasteiger partial charge >= 0.3 is 0 Å². The van der Waals surface area contributed by atoms with Crippen molar-refractivity contribution < 1.29 is 22.7 Å². The lowest BCUT2D eigenvalue weighted by molar-refractivity contribution is -0.139. The molecule has 0 spiro atoms. The quantitative estimate of drug-likeness (QED) is 0.562. The van der Waals surface area contributed by atoms with E-state index in [4.69, 9.17) is 16.3 Å². The fourth-order valence-electron chi connectivity index (χ4n) is 3.17. The molecule has 0 heterocycles. The van der Waals surface area contributed by atoms with Crippen molar-refractivity contribution in [3.8, 4) is 5.75 Å². The Balaban J connectivity index is 2.42. The van der Waals surface area contributed by atoms with E-state index in [-0.39, 0.29) is 18.1 Å². The Bertz CT molecular complexity index is 1060. The fourth-order valence-corrected chi connectivity index (χ4v) is 4.23. The van der Waals surface area contributed by atoms with Gasteiger partial charge in [0.15, 0.2) is 0 Å². The summed E-state index contributed by atoms with van der Waals surface area (Å²) in [5.74, 6) is -0.574. The third-order valence-corrected chi connectivity index (χ3v) is 6.15. The molecule has 2 amide bonds. The standard InChI is InChI=1S/C22H28ClN3O5S/c1-5-24-22(28)16(2)25(14-17-9-8-10-18(23)13-17)21(27)15-26(32(4,29)30)19-11-6-7-12-20(19)31-3/h6-13,16H,5,14-15H2,1-4H3,(H,24,28)/t16-/m0/s1. The number of sulfonamides is 1. The molecule has 2 rings (SSSR count). The zero-order valence-corrected chi connectivity index (χ0v) is 20.1. The number of anilines is 1. The minimum atomic E-state index is -3.83. The van der Waals surface area contributed by atoms with Crippen LogP contribution in [0.15, 0.2) is 48.5 Å². The molecule has 0 aromatic heterocycles. The predicted octanol–water partition coefficient (Wildman–Crippen LogP) is 2.67. The van der Waals surface area contributed by atoms with Crippen molar-refractivity contribution in [1.29, 1.82) is 0 Å². The van der Waals surface area contributed by atoms with Gasteiger partial charge in [0.05, 0.1) is 19.1 Å². The van der Waals surface area contributed by atoms with Crippen LogP contribution < -0.4 is 14.4 Å². The molecule has 32 heavy (non-hydrogen) atoms. The van der Waals surface area contributed by atoms with Crippen molar-refractivity contribution in [3.05, 3.63) is 59.1 Å². The van der Waals surface area contributed by atoms with Gasteiger partial charge in [-0.1, -0.05) is 35.9 Å². The number of carbonyl (C=O) groups excluding carboxylic acids is 2. The number of methoxy groups -OCH3 is 1. The first-order chi connectivity index (χ1) is 15.1. The molecule has 1 atom stereocenters. The minimum absolute atomic E-state index is 0.0845. The molecular weight excluding hydrogens is 454 g/mol. The van der Waals surface area contributed by atoms with Crippen LogP contribution >= 0.6 is 11.6 Å². The van der Waals surface area contributed by atoms with Crippen LogP contribution in [-0.2, 0) is 26.2 Å². The smallest absolute Gasteiger partial charge is 0.244 e. The number of amides is 2. The highest BCUT2D eigenvalue weighted by Gasteiger charge is 2.30. The number of ether oxygens (including phenoxy) is 1. The topological polar surface area (TPSA) is 96.0 Å². The van der Waals surface area contributed by atoms with Crippen LogP contribution in [0.2, 0.25) is 5.02 Å². The zero-order valence-electron chi connectivity index (χ0n) is 18.5. The van der Waals surface area contributed by atoms with E-state index in [0.717, 1.165) is 10.6 Å². The first-order valence-corrected chi connectivity index (χ1v) is 12.2. The summed E-state index contributed by atoms with van der Waals surface area (Å²) >= 11 is 6.07. The van der Waals surface area contributed by atoms with E-state index in [1.807, 2.05) is 0 Å². The molecular formula is C22H28ClN3O5S. The number of nitrogens with one attached hydrogen (secondary N) is 1. The van der Waals surface area contributed by atoms with Crippen molar-refractivity contribution in [2.45, 2.75) is 26.4 Å². The van der Waals surface area contributed by atoms with Crippen LogP contribution in [-0.4, -0.2) is 57.6 Å². The highest BCUT2D eigenvalue weighted by atomic mass is 35.5. The molecule has 0 radical (unpaired) electrons. The summed E-state index contributed by atoms with van der Waals surface area (Å²) in [6.07, 6.45) is 1.02. The van der Waals surface area contributed by atoms with E-state index < -0.39 is 28.5 Å². The largest absolute Gasteiger partial charge is 0.495 e. The molecule has 0 aliphatic carbocycles. The summed E-state index contributed by atoms with van der Waals surface area (Å²) in [6, 6.07) is 12.6. The van der Waals surface area contributed by atoms with Crippen molar-refractivity contribution in [3.63, 3.8) is 0 Å². The van der Waals surface area contributed by atoms with Crippen LogP contribution in [0.4, 0.5) is 5.69 Å². The summed E-state index contributed by atoms with van der Waals surface area (Å²) in [5, 5.41) is 3.19. The molecule has 0 aliphatic heterocycles. The lowest BCUT2D eigenvalue weighted by Gasteiger charge is -2.31. The van der Waals surface area contributed by atoms with E-state index in [1.165, 1.54) is 12.0 Å². The number of halogens is 1. The number of hydrogen-bond donors (Lipinski definition) is 1. The second kappa shape index (κ2) is 11.2. The fraction of sp³-hybridized carbons (Fsp3) is 0.364. The van der Waals surface area contributed by atoms with Crippen LogP contribution in [0.1, 0.15) is 19.4 Å². The first kappa shape index (κ1) is 25.5. The summed E-state index contributed by atoms with van der Waals surface area (Å²) in [5.41, 5.74) is 0.949. The van der Waals surface area contributed by atoms with Crippen LogP contribution in [0.25, 0.3) is 0 Å². The average Bonchev–Trinajstić information content (AvgIpc) is 2.74. The third kappa shape index (κ3) is 6.61. The van der Waals surface area contributed by atoms with Crippen LogP contribution in [0.3, 0.4) is 0 Å². The van der Waals surface area contributed by atoms with Crippen molar-refractivity contribution in [2.24, 2.45) is 0 Å². The lowest BCUT2D eigenvalue weighted by atomic mass is 10.1. The van der Waals surface area contributed by atoms with Gasteiger partial charge in [0, 0.05) is 18.1 Å². The lowest BCUT2D eigenvalue weighted by Crippen LogP contribution is -2.51. The molecule has 2 aromatic rings. The van der Waals surface area contributed by atoms with Gasteiger partial charge in [-0.2, -0.15) is 0 Å². The second-order valence-electron chi connectivity index (χ2n) is 7.16. The van der Waals surface area contributed by atoms with Crippen LogP contribution in [0, 0.1) is 0 Å². The third-order valence-electron chi connectivity index (χ3n) is 4.79. The molecule has 0 unspecified atom stereocenters. The Morgan fingerprint density at radius 1 is 1.16 bits per heavy atom. The highest BCUT2D eigenvalue weighted by molar-refractivity contribution is 7.92. The molecule has 0 saturated heterocycles. The summed E-state index contributed by atoms with van der Waals surface area (Å²) < 4.78 is 31.4. The average molecular weight is 482 g/mol. The van der Waals surface area contributed by atoms with Crippen molar-refractivity contribution in [1.82, 2.24) is 10.2 Å². The number of likely N-dealkylation sites (N-methyl/N-ethyl adjacent to an activating group) is 1. The van der Waals surface area contributed by atoms with E-state index in [2.05, 4.69) is 5.32 Å². The van der Waals surface area contributed by atoms with E-state index in [9.17, 15) is 18.0 Å². The summed E-state index contributed by atoms with van der Waals surface area (Å²) in [7, 11) is -2.41. The van der Waals surface area contributed by atoms with E-state index >= 15 is 0 Å². The van der Waals surface area contributed by atoms with Crippen LogP contribution in [0.5, 0.6) is 5.75 Å². The monoisotopic (exact) mass is 481 g/mol. The van der Waals surface area contributed by atoms with Gasteiger partial charge in [0.1, 0.15) is 18.3 Å². The Kier molecular flexibility index (Phi) is 8.91. The number of rotatable bonds is 10. The van der Waals surface area contributed by atoms with Gasteiger partial charge in [-0.15, -0.1) is 0 Å². The molecule has 8 nitrogen and oxygen atoms in total. The maximum Gasteiger partial charge on any atom is 0.244 e. The zero-order chi connectivity index (χ0) is 23.9. The molecule has 0 aliphatic rings. The minimum Gasteiger partial charge on any atom is -0.495 e. The summed E-state index contributed by atoms with van der Waals surface area (Å²) in [4.78, 5) is 27.2. The molecule has 0 fully saturated rings. The summed E-state index contributed by atoms with van der Waals surface area (Å²) in [6.45, 7) is 3.37. The number of hydrogen-bond acceptors (Lipinski definition) is 5. The van der Waals surface area contributed by atoms with Gasteiger partial charge in [-0.05, 0) is 43.7 Å². The molecule has 2 aromatic carbocycles. The Hall–Kier alpha value is -2.78. The normalized spacial score (nSPS) is 12.0. The first-order valence-electron chi connectivity index (χ1n) is 10.0. The van der Waals surface area contributed by atoms with Gasteiger partial charge in [0.25, 0.3) is 0 Å². The number of nitrogens with zero attached hydrogens (tertiary/aromatic N) is 2. The van der Waals surface area contributed by atoms with Gasteiger partial charge in [-0.3, -0.25) is 13.9 Å². The number of benzene rings is 2.